The Balaban J connectivity index is 3.32. The summed E-state index contributed by atoms with van der Waals surface area (Å²) < 4.78 is 0.0919. The average Bonchev–Trinajstić information content (AvgIpc) is 2.08. The van der Waals surface area contributed by atoms with Crippen LogP contribution in [0.15, 0.2) is 21.1 Å². The van der Waals surface area contributed by atoms with Crippen molar-refractivity contribution in [2.45, 2.75) is 2.14 Å². The number of carbonyl (C=O) groups is 1. The van der Waals surface area contributed by atoms with Gasteiger partial charge in [-0.15, -0.1) is 0 Å². The van der Waals surface area contributed by atoms with Crippen LogP contribution in [-0.4, -0.2) is 13.0 Å². The summed E-state index contributed by atoms with van der Waals surface area (Å²) >= 11 is 15.7. The number of rotatable bonds is 1. The van der Waals surface area contributed by atoms with E-state index in [2.05, 4.69) is 79.6 Å². The Morgan fingerprint density at radius 1 is 1.20 bits per heavy atom. The molecule has 0 saturated carbocycles. The predicted octanol–water partition coefficient (Wildman–Crippen LogP) is 4.94. The smallest absolute Gasteiger partial charge is 0.204 e. The first-order valence-corrected chi connectivity index (χ1v) is 7.49. The first kappa shape index (κ1) is 14.2. The zero-order valence-electron chi connectivity index (χ0n) is 6.90. The summed E-state index contributed by atoms with van der Waals surface area (Å²) in [5, 5.41) is 9.70. The third kappa shape index (κ3) is 3.52. The van der Waals surface area contributed by atoms with E-state index in [0.29, 0.717) is 8.95 Å². The molecule has 7 heteroatoms. The lowest BCUT2D eigenvalue weighted by Crippen LogP contribution is -2.17. The Morgan fingerprint density at radius 3 is 2.20 bits per heavy atom. The van der Waals surface area contributed by atoms with E-state index < -0.39 is 2.14 Å². The minimum atomic E-state index is -1.06. The summed E-state index contributed by atoms with van der Waals surface area (Å²) in [5.74, 6) is -0.423. The van der Waals surface area contributed by atoms with E-state index >= 15 is 0 Å². The molecule has 0 aliphatic heterocycles. The Morgan fingerprint density at radius 2 is 1.73 bits per heavy atom. The number of hydrogen-bond acceptors (Lipinski definition) is 2. The lowest BCUT2D eigenvalue weighted by molar-refractivity contribution is 0.100. The van der Waals surface area contributed by atoms with Gasteiger partial charge in [-0.3, -0.25) is 4.79 Å². The lowest BCUT2D eigenvalue weighted by atomic mass is 10.1. The number of alkyl halides is 3. The van der Waals surface area contributed by atoms with E-state index in [1.807, 2.05) is 0 Å². The summed E-state index contributed by atoms with van der Waals surface area (Å²) in [7, 11) is 0. The van der Waals surface area contributed by atoms with E-state index in [-0.39, 0.29) is 17.1 Å². The quantitative estimate of drug-likeness (QED) is 0.413. The summed E-state index contributed by atoms with van der Waals surface area (Å²) in [6.07, 6.45) is 0. The van der Waals surface area contributed by atoms with Crippen LogP contribution >= 0.6 is 79.6 Å². The van der Waals surface area contributed by atoms with Crippen LogP contribution in [0.2, 0.25) is 0 Å². The van der Waals surface area contributed by atoms with Crippen molar-refractivity contribution in [1.29, 1.82) is 0 Å². The van der Waals surface area contributed by atoms with Crippen LogP contribution in [0.1, 0.15) is 10.4 Å². The van der Waals surface area contributed by atoms with Crippen LogP contribution in [0.5, 0.6) is 5.75 Å². The number of benzene rings is 1. The maximum absolute atomic E-state index is 11.8. The molecule has 0 radical (unpaired) electrons. The first-order chi connectivity index (χ1) is 6.73. The van der Waals surface area contributed by atoms with Gasteiger partial charge in [-0.1, -0.05) is 63.7 Å². The van der Waals surface area contributed by atoms with Crippen LogP contribution in [0.25, 0.3) is 0 Å². The van der Waals surface area contributed by atoms with Crippen LogP contribution in [0.3, 0.4) is 0 Å². The SMILES string of the molecule is O=C(c1cc(Br)cc(Br)c1O)C(Br)(Br)Br. The molecule has 0 aliphatic rings. The Bertz CT molecular complexity index is 410. The highest BCUT2D eigenvalue weighted by Gasteiger charge is 2.32. The van der Waals surface area contributed by atoms with E-state index in [4.69, 9.17) is 0 Å². The fourth-order valence-corrected chi connectivity index (χ4v) is 2.76. The van der Waals surface area contributed by atoms with Gasteiger partial charge < -0.3 is 5.11 Å². The number of ketones is 1. The highest BCUT2D eigenvalue weighted by Crippen LogP contribution is 2.41. The number of aromatic hydroxyl groups is 1. The second-order valence-electron chi connectivity index (χ2n) is 2.61. The van der Waals surface area contributed by atoms with Gasteiger partial charge in [-0.25, -0.2) is 0 Å². The molecule has 1 N–H and O–H groups in total. The van der Waals surface area contributed by atoms with Crippen molar-refractivity contribution in [3.8, 4) is 5.75 Å². The maximum atomic E-state index is 11.8. The predicted molar refractivity (Wildman–Crippen MR) is 77.3 cm³/mol. The monoisotopic (exact) mass is 526 g/mol. The molecule has 15 heavy (non-hydrogen) atoms. The van der Waals surface area contributed by atoms with Gasteiger partial charge in [-0.2, -0.15) is 0 Å². The first-order valence-electron chi connectivity index (χ1n) is 3.53. The van der Waals surface area contributed by atoms with Crippen LogP contribution in [0, 0.1) is 0 Å². The van der Waals surface area contributed by atoms with E-state index in [9.17, 15) is 9.90 Å². The van der Waals surface area contributed by atoms with Gasteiger partial charge in [0.15, 0.2) is 2.14 Å². The second kappa shape index (κ2) is 5.16. The molecule has 82 valence electrons. The van der Waals surface area contributed by atoms with Gasteiger partial charge in [0.2, 0.25) is 5.78 Å². The lowest BCUT2D eigenvalue weighted by Gasteiger charge is -2.13. The van der Waals surface area contributed by atoms with Gasteiger partial charge >= 0.3 is 0 Å². The summed E-state index contributed by atoms with van der Waals surface area (Å²) in [6, 6.07) is 3.20. The molecular weight excluding hydrogens is 528 g/mol. The van der Waals surface area contributed by atoms with Gasteiger partial charge in [0, 0.05) is 4.47 Å². The zero-order chi connectivity index (χ0) is 11.8. The highest BCUT2D eigenvalue weighted by atomic mass is 80.0. The number of Topliss-reactive ketones (excluding diaryl/α,β-unsaturated/α-hetero) is 1. The van der Waals surface area contributed by atoms with Crippen LogP contribution in [0.4, 0.5) is 0 Å². The number of hydrogen-bond donors (Lipinski definition) is 1. The zero-order valence-corrected chi connectivity index (χ0v) is 14.8. The molecule has 0 spiro atoms. The number of carbonyl (C=O) groups excluding carboxylic acids is 1. The number of phenols is 1. The molecule has 1 rings (SSSR count). The molecule has 0 fully saturated rings. The molecule has 0 unspecified atom stereocenters. The van der Waals surface area contributed by atoms with Gasteiger partial charge in [0.05, 0.1) is 10.0 Å². The van der Waals surface area contributed by atoms with E-state index in [1.165, 1.54) is 0 Å². The van der Waals surface area contributed by atoms with Crippen molar-refractivity contribution in [2.75, 3.05) is 0 Å². The molecule has 0 amide bonds. The van der Waals surface area contributed by atoms with Gasteiger partial charge in [0.25, 0.3) is 0 Å². The molecule has 0 heterocycles. The van der Waals surface area contributed by atoms with E-state index in [0.717, 1.165) is 0 Å². The Hall–Kier alpha value is 1.09. The van der Waals surface area contributed by atoms with Gasteiger partial charge in [0.1, 0.15) is 5.75 Å². The topological polar surface area (TPSA) is 37.3 Å². The van der Waals surface area contributed by atoms with Crippen molar-refractivity contribution in [1.82, 2.24) is 0 Å². The normalized spacial score (nSPS) is 11.5. The summed E-state index contributed by atoms with van der Waals surface area (Å²) in [4.78, 5) is 11.8. The standard InChI is InChI=1S/C8H3Br5O2/c9-3-1-4(6(14)5(10)2-3)7(15)8(11,12)13/h1-2,14H. The van der Waals surface area contributed by atoms with Gasteiger partial charge in [-0.05, 0) is 28.1 Å². The largest absolute Gasteiger partial charge is 0.506 e. The molecule has 0 aliphatic carbocycles. The third-order valence-electron chi connectivity index (χ3n) is 1.53. The van der Waals surface area contributed by atoms with Crippen molar-refractivity contribution >= 4 is 85.4 Å². The average molecular weight is 531 g/mol. The molecule has 0 atom stereocenters. The van der Waals surface area contributed by atoms with Crippen molar-refractivity contribution < 1.29 is 9.90 Å². The molecule has 1 aromatic carbocycles. The third-order valence-corrected chi connectivity index (χ3v) is 3.67. The minimum Gasteiger partial charge on any atom is -0.506 e. The van der Waals surface area contributed by atoms with E-state index in [1.54, 1.807) is 12.1 Å². The number of halogens is 5. The fraction of sp³-hybridized carbons (Fsp3) is 0.125. The highest BCUT2D eigenvalue weighted by molar-refractivity contribution is 9.40. The fourth-order valence-electron chi connectivity index (χ4n) is 0.892. The Kier molecular flexibility index (Phi) is 4.87. The summed E-state index contributed by atoms with van der Waals surface area (Å²) in [6.45, 7) is 0. The minimum absolute atomic E-state index is 0.0917. The van der Waals surface area contributed by atoms with Crippen LogP contribution in [-0.2, 0) is 0 Å². The van der Waals surface area contributed by atoms with Crippen molar-refractivity contribution in [3.05, 3.63) is 26.6 Å². The van der Waals surface area contributed by atoms with Crippen molar-refractivity contribution in [3.63, 3.8) is 0 Å². The van der Waals surface area contributed by atoms with Crippen LogP contribution < -0.4 is 0 Å². The molecular formula is C8H3Br5O2. The van der Waals surface area contributed by atoms with Crippen molar-refractivity contribution in [2.24, 2.45) is 0 Å². The molecule has 2 nitrogen and oxygen atoms in total. The molecule has 0 bridgehead atoms. The molecule has 0 aromatic heterocycles. The second-order valence-corrected chi connectivity index (χ2v) is 11.1. The summed E-state index contributed by atoms with van der Waals surface area (Å²) in [5.41, 5.74) is 0.196. The molecule has 0 saturated heterocycles. The molecule has 1 aromatic rings. The Labute approximate surface area is 128 Å². The number of phenolic OH excluding ortho intramolecular Hbond substituents is 1. The maximum Gasteiger partial charge on any atom is 0.204 e.